The Balaban J connectivity index is 1.86. The van der Waals surface area contributed by atoms with Gasteiger partial charge >= 0.3 is 0 Å². The second kappa shape index (κ2) is 3.98. The number of halogens is 1. The zero-order chi connectivity index (χ0) is 12.0. The normalized spacial score (nSPS) is 26.6. The summed E-state index contributed by atoms with van der Waals surface area (Å²) in [6.45, 7) is 2.78. The quantitative estimate of drug-likeness (QED) is 0.718. The molecule has 4 heteroatoms. The lowest BCUT2D eigenvalue weighted by molar-refractivity contribution is 0.0703. The van der Waals surface area contributed by atoms with Crippen molar-refractivity contribution in [3.63, 3.8) is 0 Å². The van der Waals surface area contributed by atoms with Crippen LogP contribution in [0.3, 0.4) is 0 Å². The van der Waals surface area contributed by atoms with Crippen molar-refractivity contribution in [3.8, 4) is 0 Å². The van der Waals surface area contributed by atoms with Gasteiger partial charge in [-0.3, -0.25) is 4.79 Å². The van der Waals surface area contributed by atoms with Crippen LogP contribution in [0.5, 0.6) is 0 Å². The molecule has 2 unspecified atom stereocenters. The molecule has 3 rings (SSSR count). The van der Waals surface area contributed by atoms with Crippen LogP contribution in [0.2, 0.25) is 5.15 Å². The van der Waals surface area contributed by atoms with E-state index < -0.39 is 0 Å². The third kappa shape index (κ3) is 1.93. The molecule has 2 aliphatic rings. The standard InChI is InChI=1S/C13H15ClN2O/c1-8-4-10(6-12(14)15-8)13(17)16-7-9-2-3-11(16)5-9/h4,6,9,11H,2-3,5,7H2,1H3. The predicted octanol–water partition coefficient (Wildman–Crippen LogP) is 2.67. The molecule has 2 atom stereocenters. The summed E-state index contributed by atoms with van der Waals surface area (Å²) in [5, 5.41) is 0.401. The fourth-order valence-corrected chi connectivity index (χ4v) is 3.34. The molecule has 1 aliphatic carbocycles. The molecule has 1 aliphatic heterocycles. The average Bonchev–Trinajstić information content (AvgIpc) is 2.88. The van der Waals surface area contributed by atoms with Gasteiger partial charge in [0.1, 0.15) is 5.15 Å². The number of nitrogens with zero attached hydrogens (tertiary/aromatic N) is 2. The first kappa shape index (κ1) is 11.0. The zero-order valence-electron chi connectivity index (χ0n) is 9.82. The Morgan fingerprint density at radius 1 is 1.47 bits per heavy atom. The number of amides is 1. The Morgan fingerprint density at radius 2 is 2.29 bits per heavy atom. The second-order valence-electron chi connectivity index (χ2n) is 5.11. The number of aromatic nitrogens is 1. The van der Waals surface area contributed by atoms with Crippen LogP contribution in [-0.2, 0) is 0 Å². The van der Waals surface area contributed by atoms with E-state index >= 15 is 0 Å². The van der Waals surface area contributed by atoms with Crippen LogP contribution in [-0.4, -0.2) is 28.4 Å². The van der Waals surface area contributed by atoms with E-state index in [0.29, 0.717) is 16.8 Å². The highest BCUT2D eigenvalue weighted by Gasteiger charge is 2.40. The first-order chi connectivity index (χ1) is 8.13. The van der Waals surface area contributed by atoms with E-state index in [2.05, 4.69) is 4.98 Å². The van der Waals surface area contributed by atoms with E-state index in [-0.39, 0.29) is 5.91 Å². The minimum absolute atomic E-state index is 0.115. The molecule has 3 nitrogen and oxygen atoms in total. The van der Waals surface area contributed by atoms with Gasteiger partial charge in [0, 0.05) is 23.8 Å². The van der Waals surface area contributed by atoms with E-state index in [1.54, 1.807) is 6.07 Å². The van der Waals surface area contributed by atoms with Crippen LogP contribution in [0.4, 0.5) is 0 Å². The van der Waals surface area contributed by atoms with Crippen molar-refractivity contribution in [1.29, 1.82) is 0 Å². The number of fused-ring (bicyclic) bond motifs is 2. The van der Waals surface area contributed by atoms with Crippen molar-refractivity contribution in [2.24, 2.45) is 5.92 Å². The molecule has 0 N–H and O–H groups in total. The van der Waals surface area contributed by atoms with Crippen LogP contribution in [0, 0.1) is 12.8 Å². The molecule has 90 valence electrons. The molecular formula is C13H15ClN2O. The molecular weight excluding hydrogens is 236 g/mol. The SMILES string of the molecule is Cc1cc(C(=O)N2CC3CCC2C3)cc(Cl)n1. The van der Waals surface area contributed by atoms with Gasteiger partial charge in [-0.2, -0.15) is 0 Å². The van der Waals surface area contributed by atoms with E-state index in [9.17, 15) is 4.79 Å². The van der Waals surface area contributed by atoms with Crippen molar-refractivity contribution in [1.82, 2.24) is 9.88 Å². The van der Waals surface area contributed by atoms with E-state index in [0.717, 1.165) is 24.6 Å². The molecule has 17 heavy (non-hydrogen) atoms. The summed E-state index contributed by atoms with van der Waals surface area (Å²) in [5.41, 5.74) is 1.47. The number of aryl methyl sites for hydroxylation is 1. The van der Waals surface area contributed by atoms with Crippen molar-refractivity contribution in [2.75, 3.05) is 6.54 Å². The van der Waals surface area contributed by atoms with Gasteiger partial charge < -0.3 is 4.90 Å². The number of rotatable bonds is 1. The molecule has 1 aromatic heterocycles. The largest absolute Gasteiger partial charge is 0.335 e. The van der Waals surface area contributed by atoms with Crippen LogP contribution in [0.1, 0.15) is 35.3 Å². The van der Waals surface area contributed by atoms with E-state index in [1.807, 2.05) is 17.9 Å². The first-order valence-electron chi connectivity index (χ1n) is 6.08. The maximum Gasteiger partial charge on any atom is 0.254 e. The summed E-state index contributed by atoms with van der Waals surface area (Å²) >= 11 is 5.90. The number of hydrogen-bond donors (Lipinski definition) is 0. The third-order valence-electron chi connectivity index (χ3n) is 3.84. The van der Waals surface area contributed by atoms with Gasteiger partial charge in [-0.1, -0.05) is 11.6 Å². The molecule has 0 spiro atoms. The van der Waals surface area contributed by atoms with Crippen molar-refractivity contribution >= 4 is 17.5 Å². The highest BCUT2D eigenvalue weighted by atomic mass is 35.5. The maximum absolute atomic E-state index is 12.4. The smallest absolute Gasteiger partial charge is 0.254 e. The third-order valence-corrected chi connectivity index (χ3v) is 4.03. The lowest BCUT2D eigenvalue weighted by Crippen LogP contribution is -2.37. The fourth-order valence-electron chi connectivity index (χ4n) is 3.09. The van der Waals surface area contributed by atoms with Gasteiger partial charge in [0.05, 0.1) is 0 Å². The number of carbonyl (C=O) groups excluding carboxylic acids is 1. The first-order valence-corrected chi connectivity index (χ1v) is 6.46. The van der Waals surface area contributed by atoms with Gasteiger partial charge in [-0.25, -0.2) is 4.98 Å². The van der Waals surface area contributed by atoms with Gasteiger partial charge in [0.15, 0.2) is 0 Å². The number of carbonyl (C=O) groups is 1. The number of pyridine rings is 1. The van der Waals surface area contributed by atoms with Crippen LogP contribution in [0.15, 0.2) is 12.1 Å². The second-order valence-corrected chi connectivity index (χ2v) is 5.50. The fraction of sp³-hybridized carbons (Fsp3) is 0.538. The summed E-state index contributed by atoms with van der Waals surface area (Å²) in [4.78, 5) is 18.5. The molecule has 2 heterocycles. The van der Waals surface area contributed by atoms with Crippen molar-refractivity contribution in [3.05, 3.63) is 28.5 Å². The minimum Gasteiger partial charge on any atom is -0.335 e. The summed E-state index contributed by atoms with van der Waals surface area (Å²) in [6.07, 6.45) is 3.63. The topological polar surface area (TPSA) is 33.2 Å². The highest BCUT2D eigenvalue weighted by Crippen LogP contribution is 2.38. The summed E-state index contributed by atoms with van der Waals surface area (Å²) in [5.74, 6) is 0.840. The molecule has 1 amide bonds. The minimum atomic E-state index is 0.115. The monoisotopic (exact) mass is 250 g/mol. The highest BCUT2D eigenvalue weighted by molar-refractivity contribution is 6.29. The summed E-state index contributed by atoms with van der Waals surface area (Å²) < 4.78 is 0. The maximum atomic E-state index is 12.4. The summed E-state index contributed by atoms with van der Waals surface area (Å²) in [6, 6.07) is 3.95. The summed E-state index contributed by atoms with van der Waals surface area (Å²) in [7, 11) is 0. The Bertz CT molecular complexity index is 454. The van der Waals surface area contributed by atoms with Crippen molar-refractivity contribution < 1.29 is 4.79 Å². The Kier molecular flexibility index (Phi) is 2.58. The van der Waals surface area contributed by atoms with Crippen LogP contribution >= 0.6 is 11.6 Å². The molecule has 1 saturated carbocycles. The van der Waals surface area contributed by atoms with Gasteiger partial charge in [-0.05, 0) is 44.2 Å². The van der Waals surface area contributed by atoms with Gasteiger partial charge in [0.2, 0.25) is 0 Å². The molecule has 2 fully saturated rings. The van der Waals surface area contributed by atoms with E-state index in [4.69, 9.17) is 11.6 Å². The number of hydrogen-bond acceptors (Lipinski definition) is 2. The average molecular weight is 251 g/mol. The Morgan fingerprint density at radius 3 is 2.88 bits per heavy atom. The molecule has 2 bridgehead atoms. The molecule has 1 saturated heterocycles. The zero-order valence-corrected chi connectivity index (χ0v) is 10.6. The van der Waals surface area contributed by atoms with E-state index in [1.165, 1.54) is 12.8 Å². The lowest BCUT2D eigenvalue weighted by atomic mass is 10.1. The molecule has 0 aromatic carbocycles. The van der Waals surface area contributed by atoms with Crippen LogP contribution < -0.4 is 0 Å². The Hall–Kier alpha value is -1.09. The van der Waals surface area contributed by atoms with Crippen molar-refractivity contribution in [2.45, 2.75) is 32.2 Å². The lowest BCUT2D eigenvalue weighted by Gasteiger charge is -2.27. The number of likely N-dealkylation sites (tertiary alicyclic amines) is 1. The molecule has 1 aromatic rings. The number of piperidine rings is 1. The van der Waals surface area contributed by atoms with Gasteiger partial charge in [-0.15, -0.1) is 0 Å². The molecule has 0 radical (unpaired) electrons. The van der Waals surface area contributed by atoms with Crippen LogP contribution in [0.25, 0.3) is 0 Å². The van der Waals surface area contributed by atoms with Gasteiger partial charge in [0.25, 0.3) is 5.91 Å². The Labute approximate surface area is 106 Å². The predicted molar refractivity (Wildman–Crippen MR) is 66.1 cm³/mol.